The molecule has 0 fully saturated rings. The minimum Gasteiger partial charge on any atom is -0.507 e. The van der Waals surface area contributed by atoms with Gasteiger partial charge in [-0.15, -0.1) is 0 Å². The zero-order valence-corrected chi connectivity index (χ0v) is 11.8. The molecule has 0 aromatic heterocycles. The van der Waals surface area contributed by atoms with E-state index in [0.717, 1.165) is 18.2 Å². The van der Waals surface area contributed by atoms with Crippen LogP contribution in [0.2, 0.25) is 10.0 Å². The Morgan fingerprint density at radius 2 is 1.76 bits per heavy atom. The van der Waals surface area contributed by atoms with Crippen LogP contribution in [0.3, 0.4) is 0 Å². The van der Waals surface area contributed by atoms with Gasteiger partial charge < -0.3 is 5.11 Å². The number of benzene rings is 2. The smallest absolute Gasteiger partial charge is 0.416 e. The Balaban J connectivity index is 2.39. The SMILES string of the molecule is Oc1ccc(Cl)cc1C=Nc1cc(C(F)(F)F)ccc1Cl. The summed E-state index contributed by atoms with van der Waals surface area (Å²) in [6, 6.07) is 7.10. The third-order valence-electron chi connectivity index (χ3n) is 2.61. The Hall–Kier alpha value is -1.72. The third kappa shape index (κ3) is 3.89. The monoisotopic (exact) mass is 333 g/mol. The Morgan fingerprint density at radius 3 is 2.43 bits per heavy atom. The van der Waals surface area contributed by atoms with Crippen LogP contribution in [0.15, 0.2) is 41.4 Å². The number of phenolic OH excluding ortho intramolecular Hbond substituents is 1. The number of hydrogen-bond donors (Lipinski definition) is 1. The molecule has 21 heavy (non-hydrogen) atoms. The molecule has 0 radical (unpaired) electrons. The van der Waals surface area contributed by atoms with Crippen LogP contribution in [-0.2, 0) is 6.18 Å². The Bertz CT molecular complexity index is 699. The van der Waals surface area contributed by atoms with Crippen molar-refractivity contribution in [3.63, 3.8) is 0 Å². The number of nitrogens with zero attached hydrogens (tertiary/aromatic N) is 1. The van der Waals surface area contributed by atoms with Gasteiger partial charge in [-0.25, -0.2) is 0 Å². The molecule has 0 aliphatic heterocycles. The molecular formula is C14H8Cl2F3NO. The van der Waals surface area contributed by atoms with Crippen molar-refractivity contribution in [1.82, 2.24) is 0 Å². The minimum absolute atomic E-state index is 0.0501. The highest BCUT2D eigenvalue weighted by Gasteiger charge is 2.30. The lowest BCUT2D eigenvalue weighted by atomic mass is 10.2. The maximum Gasteiger partial charge on any atom is 0.416 e. The first-order valence-electron chi connectivity index (χ1n) is 5.67. The normalized spacial score (nSPS) is 12.0. The van der Waals surface area contributed by atoms with Crippen LogP contribution in [0.4, 0.5) is 18.9 Å². The predicted octanol–water partition coefficient (Wildman–Crippen LogP) is 5.47. The van der Waals surface area contributed by atoms with Gasteiger partial charge in [0.05, 0.1) is 16.3 Å². The van der Waals surface area contributed by atoms with Crippen molar-refractivity contribution in [2.75, 3.05) is 0 Å². The van der Waals surface area contributed by atoms with E-state index in [4.69, 9.17) is 23.2 Å². The molecule has 1 N–H and O–H groups in total. The summed E-state index contributed by atoms with van der Waals surface area (Å²) in [5.41, 5.74) is -0.629. The molecule has 0 unspecified atom stereocenters. The lowest BCUT2D eigenvalue weighted by Crippen LogP contribution is -2.04. The molecular weight excluding hydrogens is 326 g/mol. The number of aromatic hydroxyl groups is 1. The molecule has 110 valence electrons. The van der Waals surface area contributed by atoms with Crippen molar-refractivity contribution >= 4 is 35.1 Å². The van der Waals surface area contributed by atoms with Gasteiger partial charge in [-0.2, -0.15) is 13.2 Å². The first-order chi connectivity index (χ1) is 9.77. The zero-order valence-electron chi connectivity index (χ0n) is 10.3. The molecule has 0 spiro atoms. The maximum atomic E-state index is 12.6. The van der Waals surface area contributed by atoms with Gasteiger partial charge >= 0.3 is 6.18 Å². The molecule has 0 heterocycles. The highest BCUT2D eigenvalue weighted by molar-refractivity contribution is 6.33. The van der Waals surface area contributed by atoms with Crippen LogP contribution in [0.1, 0.15) is 11.1 Å². The summed E-state index contributed by atoms with van der Waals surface area (Å²) < 4.78 is 37.9. The largest absolute Gasteiger partial charge is 0.507 e. The molecule has 0 atom stereocenters. The first-order valence-corrected chi connectivity index (χ1v) is 6.42. The second-order valence-corrected chi connectivity index (χ2v) is 4.97. The van der Waals surface area contributed by atoms with Gasteiger partial charge in [-0.3, -0.25) is 4.99 Å². The highest BCUT2D eigenvalue weighted by atomic mass is 35.5. The van der Waals surface area contributed by atoms with Crippen LogP contribution in [0.25, 0.3) is 0 Å². The summed E-state index contributed by atoms with van der Waals surface area (Å²) in [6.07, 6.45) is -3.28. The van der Waals surface area contributed by atoms with E-state index >= 15 is 0 Å². The van der Waals surface area contributed by atoms with Crippen molar-refractivity contribution in [3.8, 4) is 5.75 Å². The summed E-state index contributed by atoms with van der Waals surface area (Å²) in [7, 11) is 0. The van der Waals surface area contributed by atoms with Crippen molar-refractivity contribution in [2.45, 2.75) is 6.18 Å². The van der Waals surface area contributed by atoms with Crippen molar-refractivity contribution in [1.29, 1.82) is 0 Å². The van der Waals surface area contributed by atoms with E-state index in [1.165, 1.54) is 24.4 Å². The number of halogens is 5. The first kappa shape index (κ1) is 15.7. The number of aliphatic imine (C=N–C) groups is 1. The Kier molecular flexibility index (Phi) is 4.44. The summed E-state index contributed by atoms with van der Waals surface area (Å²) in [6.45, 7) is 0. The Morgan fingerprint density at radius 1 is 1.05 bits per heavy atom. The van der Waals surface area contributed by atoms with Gasteiger partial charge in [0.2, 0.25) is 0 Å². The van der Waals surface area contributed by atoms with Gasteiger partial charge in [-0.1, -0.05) is 23.2 Å². The molecule has 0 saturated heterocycles. The summed E-state index contributed by atoms with van der Waals surface area (Å²) in [5.74, 6) is -0.0914. The molecule has 2 rings (SSSR count). The fraction of sp³-hybridized carbons (Fsp3) is 0.0714. The second-order valence-electron chi connectivity index (χ2n) is 4.13. The molecule has 2 aromatic carbocycles. The van der Waals surface area contributed by atoms with Crippen LogP contribution < -0.4 is 0 Å². The topological polar surface area (TPSA) is 32.6 Å². The van der Waals surface area contributed by atoms with Gasteiger partial charge in [-0.05, 0) is 36.4 Å². The molecule has 0 amide bonds. The third-order valence-corrected chi connectivity index (χ3v) is 3.16. The average Bonchev–Trinajstić information content (AvgIpc) is 2.40. The molecule has 0 saturated carbocycles. The number of phenols is 1. The maximum absolute atomic E-state index is 12.6. The molecule has 0 aliphatic rings. The fourth-order valence-corrected chi connectivity index (χ4v) is 1.90. The van der Waals surface area contributed by atoms with Crippen molar-refractivity contribution < 1.29 is 18.3 Å². The average molecular weight is 334 g/mol. The quantitative estimate of drug-likeness (QED) is 0.726. The van der Waals surface area contributed by atoms with Gasteiger partial charge in [0.25, 0.3) is 0 Å². The predicted molar refractivity (Wildman–Crippen MR) is 76.8 cm³/mol. The summed E-state index contributed by atoms with van der Waals surface area (Å²) in [4.78, 5) is 3.88. The van der Waals surface area contributed by atoms with E-state index in [9.17, 15) is 18.3 Å². The summed E-state index contributed by atoms with van der Waals surface area (Å²) >= 11 is 11.6. The molecule has 2 nitrogen and oxygen atoms in total. The van der Waals surface area contributed by atoms with E-state index in [1.54, 1.807) is 0 Å². The van der Waals surface area contributed by atoms with E-state index in [2.05, 4.69) is 4.99 Å². The zero-order chi connectivity index (χ0) is 15.6. The molecule has 0 aliphatic carbocycles. The van der Waals surface area contributed by atoms with E-state index < -0.39 is 11.7 Å². The van der Waals surface area contributed by atoms with Crippen molar-refractivity contribution in [2.24, 2.45) is 4.99 Å². The lowest BCUT2D eigenvalue weighted by Gasteiger charge is -2.08. The number of alkyl halides is 3. The molecule has 2 aromatic rings. The van der Waals surface area contributed by atoms with Gasteiger partial charge in [0.1, 0.15) is 5.75 Å². The fourth-order valence-electron chi connectivity index (χ4n) is 1.56. The van der Waals surface area contributed by atoms with Crippen LogP contribution >= 0.6 is 23.2 Å². The number of hydrogen-bond acceptors (Lipinski definition) is 2. The minimum atomic E-state index is -4.48. The molecule has 7 heteroatoms. The van der Waals surface area contributed by atoms with Crippen molar-refractivity contribution in [3.05, 3.63) is 57.6 Å². The van der Waals surface area contributed by atoms with Crippen LogP contribution in [0.5, 0.6) is 5.75 Å². The number of rotatable bonds is 2. The second kappa shape index (κ2) is 5.95. The van der Waals surface area contributed by atoms with E-state index in [0.29, 0.717) is 5.02 Å². The van der Waals surface area contributed by atoms with Crippen LogP contribution in [-0.4, -0.2) is 11.3 Å². The highest BCUT2D eigenvalue weighted by Crippen LogP contribution is 2.35. The van der Waals surface area contributed by atoms with Gasteiger partial charge in [0, 0.05) is 16.8 Å². The van der Waals surface area contributed by atoms with Crippen LogP contribution in [0, 0.1) is 0 Å². The Labute approximate surface area is 128 Å². The standard InChI is InChI=1S/C14H8Cl2F3NO/c15-10-2-4-13(21)8(5-10)7-20-12-6-9(14(17,18)19)1-3-11(12)16/h1-7,21H. The van der Waals surface area contributed by atoms with E-state index in [-0.39, 0.29) is 22.0 Å². The van der Waals surface area contributed by atoms with Gasteiger partial charge in [0.15, 0.2) is 0 Å². The molecule has 0 bridgehead atoms. The lowest BCUT2D eigenvalue weighted by molar-refractivity contribution is -0.137. The van der Waals surface area contributed by atoms with E-state index in [1.807, 2.05) is 0 Å². The summed E-state index contributed by atoms with van der Waals surface area (Å²) in [5, 5.41) is 10.0.